The maximum Gasteiger partial charge on any atom is 0.335 e. The maximum absolute atomic E-state index is 13.3. The molecule has 1 aromatic heterocycles. The number of thioether (sulfide) groups is 1. The summed E-state index contributed by atoms with van der Waals surface area (Å²) in [6.07, 6.45) is 1.37. The third-order valence-electron chi connectivity index (χ3n) is 4.67. The zero-order valence-corrected chi connectivity index (χ0v) is 18.7. The molecule has 3 amide bonds. The van der Waals surface area contributed by atoms with E-state index < -0.39 is 35.4 Å². The van der Waals surface area contributed by atoms with Gasteiger partial charge in [0.05, 0.1) is 15.5 Å². The van der Waals surface area contributed by atoms with Crippen LogP contribution in [0.5, 0.6) is 0 Å². The number of halogens is 2. The van der Waals surface area contributed by atoms with Gasteiger partial charge in [0.2, 0.25) is 5.91 Å². The molecule has 1 aliphatic rings. The lowest BCUT2D eigenvalue weighted by atomic mass is 10.1. The van der Waals surface area contributed by atoms with E-state index in [1.54, 1.807) is 24.3 Å². The molecule has 3 aromatic rings. The fourth-order valence-electron chi connectivity index (χ4n) is 3.07. The van der Waals surface area contributed by atoms with Crippen molar-refractivity contribution in [2.24, 2.45) is 0 Å². The van der Waals surface area contributed by atoms with Crippen LogP contribution in [0, 0.1) is 5.82 Å². The minimum Gasteiger partial charge on any atom is -0.478 e. The van der Waals surface area contributed by atoms with Gasteiger partial charge >= 0.3 is 5.97 Å². The Morgan fingerprint density at radius 3 is 2.68 bits per heavy atom. The van der Waals surface area contributed by atoms with Crippen LogP contribution in [-0.2, 0) is 9.59 Å². The van der Waals surface area contributed by atoms with Crippen LogP contribution in [0.1, 0.15) is 16.1 Å². The van der Waals surface area contributed by atoms with E-state index in [9.17, 15) is 23.6 Å². The summed E-state index contributed by atoms with van der Waals surface area (Å²) in [5.74, 6) is -2.41. The number of imide groups is 1. The molecule has 1 fully saturated rings. The van der Waals surface area contributed by atoms with E-state index in [0.717, 1.165) is 11.0 Å². The Morgan fingerprint density at radius 1 is 1.15 bits per heavy atom. The Hall–Kier alpha value is -3.89. The Balaban J connectivity index is 1.46. The molecule has 2 aromatic carbocycles. The summed E-state index contributed by atoms with van der Waals surface area (Å²) in [5.41, 5.74) is 0.844. The number of anilines is 1. The summed E-state index contributed by atoms with van der Waals surface area (Å²) < 4.78 is 18.9. The second-order valence-electron chi connectivity index (χ2n) is 7.03. The highest BCUT2D eigenvalue weighted by Crippen LogP contribution is 2.33. The first-order valence-corrected chi connectivity index (χ1v) is 10.8. The van der Waals surface area contributed by atoms with Crippen molar-refractivity contribution in [3.05, 3.63) is 81.7 Å². The number of hydrogen-bond donors (Lipinski definition) is 2. The minimum absolute atomic E-state index is 0.0582. The molecule has 2 N–H and O–H groups in total. The number of carbonyl (C=O) groups is 4. The molecule has 2 heterocycles. The number of nitrogens with zero attached hydrogens (tertiary/aromatic N) is 1. The van der Waals surface area contributed by atoms with Gasteiger partial charge in [-0.2, -0.15) is 0 Å². The van der Waals surface area contributed by atoms with Crippen LogP contribution >= 0.6 is 23.4 Å². The molecule has 0 unspecified atom stereocenters. The van der Waals surface area contributed by atoms with Crippen LogP contribution in [0.4, 0.5) is 14.9 Å². The number of aromatic carboxylic acids is 1. The molecule has 0 spiro atoms. The van der Waals surface area contributed by atoms with E-state index in [4.69, 9.17) is 21.1 Å². The SMILES string of the molecule is O=C(CN1C(=O)S/C(=C/c2ccc(-c3cccc(C(=O)O)c3)o2)C1=O)Nc1ccc(F)c(Cl)c1. The minimum atomic E-state index is -1.08. The predicted molar refractivity (Wildman–Crippen MR) is 124 cm³/mol. The monoisotopic (exact) mass is 500 g/mol. The van der Waals surface area contributed by atoms with Crippen molar-refractivity contribution in [1.82, 2.24) is 4.90 Å². The number of hydrogen-bond acceptors (Lipinski definition) is 6. The Morgan fingerprint density at radius 2 is 1.94 bits per heavy atom. The van der Waals surface area contributed by atoms with Gasteiger partial charge in [0.25, 0.3) is 11.1 Å². The zero-order valence-electron chi connectivity index (χ0n) is 17.1. The van der Waals surface area contributed by atoms with Crippen molar-refractivity contribution in [3.63, 3.8) is 0 Å². The number of benzene rings is 2. The van der Waals surface area contributed by atoms with Gasteiger partial charge in [0.15, 0.2) is 0 Å². The lowest BCUT2D eigenvalue weighted by Crippen LogP contribution is -2.36. The molecule has 172 valence electrons. The maximum atomic E-state index is 13.3. The number of carboxylic acid groups (broad SMARTS) is 1. The first-order chi connectivity index (χ1) is 16.2. The van der Waals surface area contributed by atoms with Crippen molar-refractivity contribution in [1.29, 1.82) is 0 Å². The van der Waals surface area contributed by atoms with Gasteiger partial charge in [-0.1, -0.05) is 23.7 Å². The second kappa shape index (κ2) is 9.54. The van der Waals surface area contributed by atoms with Crippen molar-refractivity contribution in [2.45, 2.75) is 0 Å². The van der Waals surface area contributed by atoms with Crippen LogP contribution in [0.15, 0.2) is 63.9 Å². The van der Waals surface area contributed by atoms with E-state index in [0.29, 0.717) is 23.1 Å². The Kier molecular flexibility index (Phi) is 6.53. The molecule has 4 rings (SSSR count). The average Bonchev–Trinajstić information content (AvgIpc) is 3.37. The van der Waals surface area contributed by atoms with Crippen LogP contribution in [0.2, 0.25) is 5.02 Å². The molecule has 0 saturated carbocycles. The summed E-state index contributed by atoms with van der Waals surface area (Å²) in [7, 11) is 0. The van der Waals surface area contributed by atoms with Crippen LogP contribution in [-0.4, -0.2) is 39.6 Å². The molecule has 1 aliphatic heterocycles. The van der Waals surface area contributed by atoms with E-state index in [1.165, 1.54) is 30.3 Å². The number of rotatable bonds is 6. The summed E-state index contributed by atoms with van der Waals surface area (Å²) in [5, 5.41) is 10.8. The first-order valence-electron chi connectivity index (χ1n) is 9.65. The quantitative estimate of drug-likeness (QED) is 0.451. The van der Waals surface area contributed by atoms with Gasteiger partial charge in [-0.05, 0) is 54.2 Å². The number of furan rings is 1. The predicted octanol–water partition coefficient (Wildman–Crippen LogP) is 5.11. The number of amides is 3. The molecular weight excluding hydrogens is 487 g/mol. The van der Waals surface area contributed by atoms with Crippen LogP contribution < -0.4 is 5.32 Å². The second-order valence-corrected chi connectivity index (χ2v) is 8.43. The Bertz CT molecular complexity index is 1370. The van der Waals surface area contributed by atoms with E-state index in [1.807, 2.05) is 0 Å². The fraction of sp³-hybridized carbons (Fsp3) is 0.0435. The van der Waals surface area contributed by atoms with Gasteiger partial charge in [-0.15, -0.1) is 0 Å². The number of nitrogens with one attached hydrogen (secondary N) is 1. The summed E-state index contributed by atoms with van der Waals surface area (Å²) in [6, 6.07) is 12.9. The third kappa shape index (κ3) is 5.03. The molecule has 11 heteroatoms. The lowest BCUT2D eigenvalue weighted by Gasteiger charge is -2.12. The molecule has 1 saturated heterocycles. The van der Waals surface area contributed by atoms with E-state index in [-0.39, 0.29) is 26.9 Å². The lowest BCUT2D eigenvalue weighted by molar-refractivity contribution is -0.127. The highest BCUT2D eigenvalue weighted by atomic mass is 35.5. The highest BCUT2D eigenvalue weighted by Gasteiger charge is 2.36. The highest BCUT2D eigenvalue weighted by molar-refractivity contribution is 8.18. The molecule has 0 atom stereocenters. The number of carbonyl (C=O) groups excluding carboxylic acids is 3. The van der Waals surface area contributed by atoms with Crippen molar-refractivity contribution >= 4 is 58.1 Å². The van der Waals surface area contributed by atoms with E-state index in [2.05, 4.69) is 5.32 Å². The molecule has 0 bridgehead atoms. The topological polar surface area (TPSA) is 117 Å². The fourth-order valence-corrected chi connectivity index (χ4v) is 4.07. The molecule has 0 radical (unpaired) electrons. The van der Waals surface area contributed by atoms with Crippen LogP contribution in [0.3, 0.4) is 0 Å². The smallest absolute Gasteiger partial charge is 0.335 e. The Labute approximate surface area is 201 Å². The first kappa shape index (κ1) is 23.3. The molecule has 0 aliphatic carbocycles. The van der Waals surface area contributed by atoms with Gasteiger partial charge in [0, 0.05) is 17.3 Å². The molecular formula is C23H14ClFN2O6S. The molecule has 34 heavy (non-hydrogen) atoms. The van der Waals surface area contributed by atoms with Crippen molar-refractivity contribution < 1.29 is 33.1 Å². The van der Waals surface area contributed by atoms with Crippen LogP contribution in [0.25, 0.3) is 17.4 Å². The van der Waals surface area contributed by atoms with Gasteiger partial charge in [0.1, 0.15) is 23.9 Å². The standard InChI is InChI=1S/C23H14ClFN2O6S/c24-16-9-14(4-6-17(16)25)26-20(28)11-27-21(29)19(34-23(27)32)10-15-5-7-18(33-15)12-2-1-3-13(8-12)22(30)31/h1-10H,11H2,(H,26,28)(H,30,31)/b19-10+. The largest absolute Gasteiger partial charge is 0.478 e. The van der Waals surface area contributed by atoms with Crippen molar-refractivity contribution in [2.75, 3.05) is 11.9 Å². The third-order valence-corrected chi connectivity index (χ3v) is 5.87. The zero-order chi connectivity index (χ0) is 24.4. The van der Waals surface area contributed by atoms with Gasteiger partial charge < -0.3 is 14.8 Å². The molecule has 8 nitrogen and oxygen atoms in total. The summed E-state index contributed by atoms with van der Waals surface area (Å²) in [6.45, 7) is -0.539. The van der Waals surface area contributed by atoms with E-state index >= 15 is 0 Å². The normalized spacial score (nSPS) is 14.6. The summed E-state index contributed by atoms with van der Waals surface area (Å²) in [4.78, 5) is 49.2. The van der Waals surface area contributed by atoms with Crippen molar-refractivity contribution in [3.8, 4) is 11.3 Å². The average molecular weight is 501 g/mol. The van der Waals surface area contributed by atoms with Gasteiger partial charge in [-0.3, -0.25) is 19.3 Å². The summed E-state index contributed by atoms with van der Waals surface area (Å²) >= 11 is 6.33. The van der Waals surface area contributed by atoms with Gasteiger partial charge in [-0.25, -0.2) is 9.18 Å². The number of carboxylic acids is 1.